The third-order valence-corrected chi connectivity index (χ3v) is 7.00. The first-order valence-corrected chi connectivity index (χ1v) is 12.6. The molecule has 180 valence electrons. The van der Waals surface area contributed by atoms with Crippen molar-refractivity contribution in [1.82, 2.24) is 9.55 Å². The lowest BCUT2D eigenvalue weighted by Crippen LogP contribution is -2.20. The number of anilines is 1. The van der Waals surface area contributed by atoms with Crippen molar-refractivity contribution in [2.24, 2.45) is 0 Å². The van der Waals surface area contributed by atoms with Gasteiger partial charge in [0.05, 0.1) is 23.2 Å². The fourth-order valence-electron chi connectivity index (χ4n) is 3.92. The molecule has 0 saturated heterocycles. The minimum atomic E-state index is -0.511. The van der Waals surface area contributed by atoms with Gasteiger partial charge in [-0.2, -0.15) is 0 Å². The molecule has 1 heterocycles. The molecule has 1 atom stereocenters. The zero-order chi connectivity index (χ0) is 24.9. The maximum Gasteiger partial charge on any atom is 0.338 e. The van der Waals surface area contributed by atoms with Gasteiger partial charge in [0.2, 0.25) is 5.91 Å². The smallest absolute Gasteiger partial charge is 0.338 e. The fourth-order valence-corrected chi connectivity index (χ4v) is 5.10. The van der Waals surface area contributed by atoms with Crippen molar-refractivity contribution in [3.63, 3.8) is 0 Å². The topological polar surface area (TPSA) is 73.2 Å². The summed E-state index contributed by atoms with van der Waals surface area (Å²) in [5, 5.41) is 3.33. The van der Waals surface area contributed by atoms with Gasteiger partial charge in [0.15, 0.2) is 5.16 Å². The summed E-state index contributed by atoms with van der Waals surface area (Å²) in [6.45, 7) is 8.81. The van der Waals surface area contributed by atoms with Crippen LogP contribution in [0.5, 0.6) is 0 Å². The summed E-state index contributed by atoms with van der Waals surface area (Å²) in [7, 11) is 0. The highest BCUT2D eigenvalue weighted by atomic mass is 32.2. The monoisotopic (exact) mass is 487 g/mol. The lowest BCUT2D eigenvalue weighted by Gasteiger charge is -2.18. The normalized spacial score (nSPS) is 11.9. The number of hydrogen-bond donors (Lipinski definition) is 1. The Morgan fingerprint density at radius 2 is 1.80 bits per heavy atom. The van der Waals surface area contributed by atoms with Crippen LogP contribution in [0.1, 0.15) is 46.1 Å². The Labute approximate surface area is 209 Å². The van der Waals surface area contributed by atoms with Crippen LogP contribution in [0, 0.1) is 13.8 Å². The van der Waals surface area contributed by atoms with Crippen molar-refractivity contribution < 1.29 is 14.3 Å². The van der Waals surface area contributed by atoms with Crippen LogP contribution >= 0.6 is 11.8 Å². The lowest BCUT2D eigenvalue weighted by atomic mass is 10.1. The number of aryl methyl sites for hydroxylation is 3. The average Bonchev–Trinajstić information content (AvgIpc) is 3.21. The molecule has 0 aliphatic rings. The Kier molecular flexibility index (Phi) is 7.56. The first kappa shape index (κ1) is 24.5. The molecule has 1 aromatic heterocycles. The van der Waals surface area contributed by atoms with Gasteiger partial charge >= 0.3 is 5.97 Å². The second kappa shape index (κ2) is 10.8. The summed E-state index contributed by atoms with van der Waals surface area (Å²) < 4.78 is 7.20. The Hall–Kier alpha value is -3.58. The van der Waals surface area contributed by atoms with E-state index >= 15 is 0 Å². The molecule has 6 nitrogen and oxygen atoms in total. The maximum absolute atomic E-state index is 13.6. The van der Waals surface area contributed by atoms with Gasteiger partial charge in [-0.25, -0.2) is 9.78 Å². The number of rotatable bonds is 8. The highest BCUT2D eigenvalue weighted by molar-refractivity contribution is 8.00. The van der Waals surface area contributed by atoms with Gasteiger partial charge in [-0.15, -0.1) is 0 Å². The predicted octanol–water partition coefficient (Wildman–Crippen LogP) is 6.32. The first-order valence-electron chi connectivity index (χ1n) is 11.7. The number of imidazole rings is 1. The van der Waals surface area contributed by atoms with Crippen molar-refractivity contribution in [2.75, 3.05) is 11.9 Å². The molecule has 0 radical (unpaired) electrons. The quantitative estimate of drug-likeness (QED) is 0.232. The van der Waals surface area contributed by atoms with Gasteiger partial charge in [0.1, 0.15) is 5.25 Å². The summed E-state index contributed by atoms with van der Waals surface area (Å²) >= 11 is 1.40. The SMILES string of the molecule is CCOC(=O)c1ccc2c(c1)nc(SC(C(=O)Nc1cc(C)ccc1C)c1ccccc1)n2CC. The van der Waals surface area contributed by atoms with Crippen molar-refractivity contribution in [2.45, 2.75) is 44.6 Å². The van der Waals surface area contributed by atoms with Gasteiger partial charge in [0.25, 0.3) is 0 Å². The molecule has 0 bridgehead atoms. The summed E-state index contributed by atoms with van der Waals surface area (Å²) in [6, 6.07) is 21.1. The van der Waals surface area contributed by atoms with E-state index in [1.165, 1.54) is 11.8 Å². The number of benzene rings is 3. The number of hydrogen-bond acceptors (Lipinski definition) is 5. The second-order valence-electron chi connectivity index (χ2n) is 8.28. The molecule has 4 aromatic rings. The van der Waals surface area contributed by atoms with Crippen LogP contribution < -0.4 is 5.32 Å². The van der Waals surface area contributed by atoms with Gasteiger partial charge in [-0.1, -0.05) is 54.2 Å². The molecule has 0 spiro atoms. The minimum Gasteiger partial charge on any atom is -0.462 e. The molecular formula is C28H29N3O3S. The van der Waals surface area contributed by atoms with Crippen LogP contribution in [-0.4, -0.2) is 28.0 Å². The van der Waals surface area contributed by atoms with Gasteiger partial charge in [0, 0.05) is 12.2 Å². The van der Waals surface area contributed by atoms with Gasteiger partial charge < -0.3 is 14.6 Å². The molecule has 0 aliphatic heterocycles. The minimum absolute atomic E-state index is 0.114. The van der Waals surface area contributed by atoms with E-state index in [1.807, 2.05) is 75.4 Å². The third-order valence-electron chi connectivity index (χ3n) is 5.76. The number of amides is 1. The number of aromatic nitrogens is 2. The van der Waals surface area contributed by atoms with Crippen molar-refractivity contribution >= 4 is 40.4 Å². The van der Waals surface area contributed by atoms with Gasteiger partial charge in [-0.3, -0.25) is 4.79 Å². The average molecular weight is 488 g/mol. The Morgan fingerprint density at radius 3 is 2.51 bits per heavy atom. The molecule has 7 heteroatoms. The number of thioether (sulfide) groups is 1. The molecule has 1 N–H and O–H groups in total. The molecule has 0 saturated carbocycles. The molecule has 1 amide bonds. The molecular weight excluding hydrogens is 458 g/mol. The van der Waals surface area contributed by atoms with E-state index in [-0.39, 0.29) is 11.9 Å². The first-order chi connectivity index (χ1) is 16.9. The van der Waals surface area contributed by atoms with Crippen LogP contribution in [0.25, 0.3) is 11.0 Å². The number of fused-ring (bicyclic) bond motifs is 1. The summed E-state index contributed by atoms with van der Waals surface area (Å²) in [5.41, 5.74) is 5.85. The molecule has 0 fully saturated rings. The standard InChI is InChI=1S/C28H29N3O3S/c1-5-31-24-15-14-21(27(33)34-6-2)17-23(24)30-28(31)35-25(20-10-8-7-9-11-20)26(32)29-22-16-18(3)12-13-19(22)4/h7-17,25H,5-6H2,1-4H3,(H,29,32). The maximum atomic E-state index is 13.6. The predicted molar refractivity (Wildman–Crippen MR) is 141 cm³/mol. The van der Waals surface area contributed by atoms with Crippen molar-refractivity contribution in [3.8, 4) is 0 Å². The highest BCUT2D eigenvalue weighted by Crippen LogP contribution is 2.37. The van der Waals surface area contributed by atoms with Crippen LogP contribution in [-0.2, 0) is 16.1 Å². The summed E-state index contributed by atoms with van der Waals surface area (Å²) in [5.74, 6) is -0.485. The van der Waals surface area contributed by atoms with Crippen LogP contribution in [0.4, 0.5) is 5.69 Å². The zero-order valence-electron chi connectivity index (χ0n) is 20.4. The molecule has 0 aliphatic carbocycles. The fraction of sp³-hybridized carbons (Fsp3) is 0.250. The van der Waals surface area contributed by atoms with E-state index in [9.17, 15) is 9.59 Å². The molecule has 4 rings (SSSR count). The Morgan fingerprint density at radius 1 is 1.03 bits per heavy atom. The third kappa shape index (κ3) is 5.41. The van der Waals surface area contributed by atoms with Crippen LogP contribution in [0.15, 0.2) is 71.9 Å². The van der Waals surface area contributed by atoms with E-state index in [0.29, 0.717) is 29.4 Å². The van der Waals surface area contributed by atoms with Gasteiger partial charge in [-0.05, 0) is 68.7 Å². The lowest BCUT2D eigenvalue weighted by molar-refractivity contribution is -0.115. The van der Waals surface area contributed by atoms with Crippen LogP contribution in [0.3, 0.4) is 0 Å². The van der Waals surface area contributed by atoms with E-state index in [2.05, 4.69) is 9.88 Å². The van der Waals surface area contributed by atoms with E-state index < -0.39 is 5.25 Å². The summed E-state index contributed by atoms with van der Waals surface area (Å²) in [4.78, 5) is 30.6. The molecule has 35 heavy (non-hydrogen) atoms. The highest BCUT2D eigenvalue weighted by Gasteiger charge is 2.26. The molecule has 3 aromatic carbocycles. The van der Waals surface area contributed by atoms with E-state index in [0.717, 1.165) is 27.9 Å². The number of carbonyl (C=O) groups is 2. The number of ether oxygens (including phenoxy) is 1. The number of nitrogens with one attached hydrogen (secondary N) is 1. The second-order valence-corrected chi connectivity index (χ2v) is 9.35. The number of nitrogens with zero attached hydrogens (tertiary/aromatic N) is 2. The van der Waals surface area contributed by atoms with Crippen molar-refractivity contribution in [3.05, 3.63) is 89.0 Å². The van der Waals surface area contributed by atoms with Crippen molar-refractivity contribution in [1.29, 1.82) is 0 Å². The number of carbonyl (C=O) groups excluding carboxylic acids is 2. The van der Waals surface area contributed by atoms with Crippen LogP contribution in [0.2, 0.25) is 0 Å². The van der Waals surface area contributed by atoms with E-state index in [4.69, 9.17) is 9.72 Å². The zero-order valence-corrected chi connectivity index (χ0v) is 21.2. The summed E-state index contributed by atoms with van der Waals surface area (Å²) in [6.07, 6.45) is 0. The Balaban J connectivity index is 1.71. The largest absolute Gasteiger partial charge is 0.462 e. The van der Waals surface area contributed by atoms with E-state index in [1.54, 1.807) is 19.1 Å². The number of esters is 1. The molecule has 1 unspecified atom stereocenters. The Bertz CT molecular complexity index is 1360.